The highest BCUT2D eigenvalue weighted by Gasteiger charge is 2.20. The lowest BCUT2D eigenvalue weighted by Crippen LogP contribution is -2.37. The molecule has 0 radical (unpaired) electrons. The summed E-state index contributed by atoms with van der Waals surface area (Å²) in [6.45, 7) is 5.46. The van der Waals surface area contributed by atoms with E-state index >= 15 is 0 Å². The van der Waals surface area contributed by atoms with Gasteiger partial charge in [0.2, 0.25) is 0 Å². The summed E-state index contributed by atoms with van der Waals surface area (Å²) in [6.07, 6.45) is 0. The van der Waals surface area contributed by atoms with Gasteiger partial charge in [-0.05, 0) is 55.7 Å². The van der Waals surface area contributed by atoms with E-state index in [0.29, 0.717) is 20.8 Å². The predicted octanol–water partition coefficient (Wildman–Crippen LogP) is 4.88. The Morgan fingerprint density at radius 2 is 1.73 bits per heavy atom. The van der Waals surface area contributed by atoms with Crippen molar-refractivity contribution in [3.05, 3.63) is 89.9 Å². The summed E-state index contributed by atoms with van der Waals surface area (Å²) in [5, 5.41) is 1.01. The molecule has 2 aromatic heterocycles. The highest BCUT2D eigenvalue weighted by Crippen LogP contribution is 2.35. The van der Waals surface area contributed by atoms with E-state index in [9.17, 15) is 14.4 Å². The minimum Gasteiger partial charge on any atom is -0.298 e. The number of halogens is 1. The average molecular weight is 439 g/mol. The van der Waals surface area contributed by atoms with Crippen LogP contribution in [-0.2, 0) is 6.54 Å². The lowest BCUT2D eigenvalue weighted by atomic mass is 10.0. The van der Waals surface area contributed by atoms with Gasteiger partial charge in [0.15, 0.2) is 5.78 Å². The Morgan fingerprint density at radius 1 is 1.03 bits per heavy atom. The van der Waals surface area contributed by atoms with Crippen molar-refractivity contribution in [1.29, 1.82) is 0 Å². The Kier molecular flexibility index (Phi) is 5.22. The second-order valence-corrected chi connectivity index (χ2v) is 8.95. The second-order valence-electron chi connectivity index (χ2n) is 7.29. The number of H-pyrrole nitrogens is 1. The quantitative estimate of drug-likeness (QED) is 0.461. The van der Waals surface area contributed by atoms with Gasteiger partial charge in [0.1, 0.15) is 4.83 Å². The largest absolute Gasteiger partial charge is 0.329 e. The number of aromatic amines is 1. The van der Waals surface area contributed by atoms with Crippen molar-refractivity contribution in [2.45, 2.75) is 27.3 Å². The van der Waals surface area contributed by atoms with E-state index < -0.39 is 11.2 Å². The van der Waals surface area contributed by atoms with E-state index in [0.717, 1.165) is 31.7 Å². The number of hydrogen-bond acceptors (Lipinski definition) is 4. The Hall–Kier alpha value is -2.96. The number of rotatable bonds is 4. The second kappa shape index (κ2) is 7.70. The fraction of sp³-hybridized carbons (Fsp3) is 0.174. The molecule has 0 fully saturated rings. The average Bonchev–Trinajstić information content (AvgIpc) is 3.03. The van der Waals surface area contributed by atoms with Crippen LogP contribution in [0.3, 0.4) is 0 Å². The standard InChI is InChI=1S/C23H19ClN2O3S/c1-12-4-5-16(10-13(12)2)18(27)11-26-22(28)20-19(15-6-8-17(24)9-7-15)14(3)30-21(20)25-23(26)29/h4-10H,11H2,1-3H3,(H,25,29). The van der Waals surface area contributed by atoms with E-state index in [2.05, 4.69) is 4.98 Å². The Balaban J connectivity index is 1.85. The number of nitrogens with one attached hydrogen (secondary N) is 1. The highest BCUT2D eigenvalue weighted by atomic mass is 35.5. The van der Waals surface area contributed by atoms with Crippen LogP contribution in [0.4, 0.5) is 0 Å². The van der Waals surface area contributed by atoms with Crippen LogP contribution < -0.4 is 11.2 Å². The molecule has 2 aromatic carbocycles. The summed E-state index contributed by atoms with van der Waals surface area (Å²) in [5.74, 6) is -0.287. The number of carbonyl (C=O) groups is 1. The first-order valence-electron chi connectivity index (χ1n) is 9.39. The highest BCUT2D eigenvalue weighted by molar-refractivity contribution is 7.19. The minimum absolute atomic E-state index is 0.287. The zero-order valence-electron chi connectivity index (χ0n) is 16.7. The molecule has 4 rings (SSSR count). The monoisotopic (exact) mass is 438 g/mol. The molecule has 0 aliphatic carbocycles. The van der Waals surface area contributed by atoms with Crippen LogP contribution in [-0.4, -0.2) is 15.3 Å². The van der Waals surface area contributed by atoms with Crippen LogP contribution in [0.5, 0.6) is 0 Å². The van der Waals surface area contributed by atoms with Crippen molar-refractivity contribution >= 4 is 38.9 Å². The number of ketones is 1. The fourth-order valence-corrected chi connectivity index (χ4v) is 4.67. The molecule has 5 nitrogen and oxygen atoms in total. The molecule has 1 N–H and O–H groups in total. The third kappa shape index (κ3) is 3.53. The van der Waals surface area contributed by atoms with Gasteiger partial charge in [0.25, 0.3) is 5.56 Å². The number of benzene rings is 2. The van der Waals surface area contributed by atoms with Crippen LogP contribution in [0.25, 0.3) is 21.3 Å². The van der Waals surface area contributed by atoms with E-state index in [1.54, 1.807) is 24.3 Å². The van der Waals surface area contributed by atoms with Gasteiger partial charge in [0, 0.05) is 21.0 Å². The molecule has 0 spiro atoms. The van der Waals surface area contributed by atoms with Gasteiger partial charge in [0.05, 0.1) is 11.9 Å². The van der Waals surface area contributed by atoms with Crippen molar-refractivity contribution < 1.29 is 4.79 Å². The van der Waals surface area contributed by atoms with Gasteiger partial charge >= 0.3 is 5.69 Å². The van der Waals surface area contributed by atoms with Crippen LogP contribution >= 0.6 is 22.9 Å². The number of Topliss-reactive ketones (excluding diaryl/α,β-unsaturated/α-hetero) is 1. The van der Waals surface area contributed by atoms with Gasteiger partial charge in [-0.1, -0.05) is 35.9 Å². The number of fused-ring (bicyclic) bond motifs is 1. The maximum absolute atomic E-state index is 13.3. The molecule has 0 saturated heterocycles. The third-order valence-electron chi connectivity index (χ3n) is 5.27. The fourth-order valence-electron chi connectivity index (χ4n) is 3.49. The first-order valence-corrected chi connectivity index (χ1v) is 10.6. The molecule has 0 amide bonds. The minimum atomic E-state index is -0.589. The van der Waals surface area contributed by atoms with Gasteiger partial charge in [-0.15, -0.1) is 11.3 Å². The zero-order valence-corrected chi connectivity index (χ0v) is 18.3. The van der Waals surface area contributed by atoms with Gasteiger partial charge in [-0.25, -0.2) is 4.79 Å². The number of hydrogen-bond donors (Lipinski definition) is 1. The summed E-state index contributed by atoms with van der Waals surface area (Å²) < 4.78 is 0.978. The first-order chi connectivity index (χ1) is 14.3. The molecular weight excluding hydrogens is 420 g/mol. The van der Waals surface area contributed by atoms with Crippen LogP contribution in [0.15, 0.2) is 52.1 Å². The van der Waals surface area contributed by atoms with E-state index in [-0.39, 0.29) is 12.3 Å². The Bertz CT molecular complexity index is 1410. The number of carbonyl (C=O) groups excluding carboxylic acids is 1. The summed E-state index contributed by atoms with van der Waals surface area (Å²) in [7, 11) is 0. The molecule has 0 aliphatic heterocycles. The summed E-state index contributed by atoms with van der Waals surface area (Å²) in [6, 6.07) is 12.6. The Morgan fingerprint density at radius 3 is 2.40 bits per heavy atom. The van der Waals surface area contributed by atoms with Crippen molar-refractivity contribution in [1.82, 2.24) is 9.55 Å². The molecule has 7 heteroatoms. The van der Waals surface area contributed by atoms with Gasteiger partial charge in [-0.2, -0.15) is 0 Å². The topological polar surface area (TPSA) is 71.9 Å². The van der Waals surface area contributed by atoms with Crippen LogP contribution in [0.1, 0.15) is 26.4 Å². The smallest absolute Gasteiger partial charge is 0.298 e. The molecular formula is C23H19ClN2O3S. The summed E-state index contributed by atoms with van der Waals surface area (Å²) >= 11 is 7.34. The molecule has 0 saturated carbocycles. The zero-order chi connectivity index (χ0) is 21.6. The van der Waals surface area contributed by atoms with E-state index in [1.165, 1.54) is 11.3 Å². The molecule has 2 heterocycles. The third-order valence-corrected chi connectivity index (χ3v) is 6.55. The number of thiophene rings is 1. The SMILES string of the molecule is Cc1ccc(C(=O)Cn2c(=O)[nH]c3sc(C)c(-c4ccc(Cl)cc4)c3c2=O)cc1C. The number of nitrogens with zero attached hydrogens (tertiary/aromatic N) is 1. The maximum Gasteiger partial charge on any atom is 0.329 e. The van der Waals surface area contributed by atoms with Crippen molar-refractivity contribution in [3.8, 4) is 11.1 Å². The van der Waals surface area contributed by atoms with E-state index in [1.807, 2.05) is 39.0 Å². The van der Waals surface area contributed by atoms with Gasteiger partial charge < -0.3 is 0 Å². The summed E-state index contributed by atoms with van der Waals surface area (Å²) in [5.41, 5.74) is 3.05. The van der Waals surface area contributed by atoms with Gasteiger partial charge in [-0.3, -0.25) is 19.1 Å². The summed E-state index contributed by atoms with van der Waals surface area (Å²) in [4.78, 5) is 42.8. The Labute approximate surface area is 181 Å². The first kappa shape index (κ1) is 20.3. The van der Waals surface area contributed by atoms with Crippen LogP contribution in [0, 0.1) is 20.8 Å². The molecule has 0 bridgehead atoms. The molecule has 0 unspecified atom stereocenters. The predicted molar refractivity (Wildman–Crippen MR) is 122 cm³/mol. The van der Waals surface area contributed by atoms with Crippen molar-refractivity contribution in [2.75, 3.05) is 0 Å². The molecule has 4 aromatic rings. The normalized spacial score (nSPS) is 11.2. The number of aromatic nitrogens is 2. The maximum atomic E-state index is 13.3. The van der Waals surface area contributed by atoms with E-state index in [4.69, 9.17) is 11.6 Å². The molecule has 30 heavy (non-hydrogen) atoms. The van der Waals surface area contributed by atoms with Crippen molar-refractivity contribution in [3.63, 3.8) is 0 Å². The molecule has 0 aliphatic rings. The number of aryl methyl sites for hydroxylation is 3. The molecule has 152 valence electrons. The van der Waals surface area contributed by atoms with Crippen LogP contribution in [0.2, 0.25) is 5.02 Å². The molecule has 0 atom stereocenters. The van der Waals surface area contributed by atoms with Crippen molar-refractivity contribution in [2.24, 2.45) is 0 Å². The lowest BCUT2D eigenvalue weighted by Gasteiger charge is -2.08. The lowest BCUT2D eigenvalue weighted by molar-refractivity contribution is 0.0969.